The molecule has 1 amide bonds. The van der Waals surface area contributed by atoms with E-state index in [0.29, 0.717) is 11.7 Å². The van der Waals surface area contributed by atoms with E-state index in [9.17, 15) is 4.79 Å². The van der Waals surface area contributed by atoms with Crippen molar-refractivity contribution in [2.75, 3.05) is 11.5 Å². The molecule has 1 unspecified atom stereocenters. The molecule has 1 aromatic heterocycles. The Balaban J connectivity index is 1.90. The SMILES string of the molecule is CCSc1nnc(SCC(=O)NC(CC(C)C)c2ccccc2)s1. The van der Waals surface area contributed by atoms with Gasteiger partial charge in [-0.2, -0.15) is 0 Å². The normalized spacial score (nSPS) is 12.3. The van der Waals surface area contributed by atoms with Crippen LogP contribution in [0.25, 0.3) is 0 Å². The molecule has 0 saturated carbocycles. The summed E-state index contributed by atoms with van der Waals surface area (Å²) in [5.74, 6) is 1.90. The number of carbonyl (C=O) groups excluding carboxylic acids is 1. The molecule has 1 atom stereocenters. The summed E-state index contributed by atoms with van der Waals surface area (Å²) in [4.78, 5) is 12.3. The van der Waals surface area contributed by atoms with E-state index in [1.807, 2.05) is 18.2 Å². The minimum absolute atomic E-state index is 0.0365. The first-order chi connectivity index (χ1) is 11.6. The van der Waals surface area contributed by atoms with Crippen LogP contribution in [0.2, 0.25) is 0 Å². The monoisotopic (exact) mass is 381 g/mol. The first kappa shape index (κ1) is 19.3. The number of hydrogen-bond donors (Lipinski definition) is 1. The van der Waals surface area contributed by atoms with Crippen LogP contribution in [0.5, 0.6) is 0 Å². The number of nitrogens with zero attached hydrogens (tertiary/aromatic N) is 2. The van der Waals surface area contributed by atoms with Crippen LogP contribution in [0.1, 0.15) is 38.8 Å². The topological polar surface area (TPSA) is 54.9 Å². The van der Waals surface area contributed by atoms with Crippen molar-refractivity contribution in [2.24, 2.45) is 5.92 Å². The molecule has 1 aromatic carbocycles. The van der Waals surface area contributed by atoms with E-state index in [0.717, 1.165) is 26.4 Å². The van der Waals surface area contributed by atoms with Crippen LogP contribution in [0.15, 0.2) is 39.0 Å². The summed E-state index contributed by atoms with van der Waals surface area (Å²) < 4.78 is 1.81. The fraction of sp³-hybridized carbons (Fsp3) is 0.471. The van der Waals surface area contributed by atoms with Crippen molar-refractivity contribution in [3.63, 3.8) is 0 Å². The van der Waals surface area contributed by atoms with Crippen LogP contribution in [-0.4, -0.2) is 27.6 Å². The standard InChI is InChI=1S/C17H23N3OS3/c1-4-22-16-19-20-17(24-16)23-11-15(21)18-14(10-12(2)3)13-8-6-5-7-9-13/h5-9,12,14H,4,10-11H2,1-3H3,(H,18,21). The zero-order valence-corrected chi connectivity index (χ0v) is 16.6. The highest BCUT2D eigenvalue weighted by molar-refractivity contribution is 8.03. The molecule has 1 heterocycles. The number of nitrogens with one attached hydrogen (secondary N) is 1. The van der Waals surface area contributed by atoms with Crippen LogP contribution in [0.3, 0.4) is 0 Å². The summed E-state index contributed by atoms with van der Waals surface area (Å²) in [6.45, 7) is 6.43. The number of amides is 1. The average molecular weight is 382 g/mol. The van der Waals surface area contributed by atoms with Gasteiger partial charge in [0, 0.05) is 0 Å². The van der Waals surface area contributed by atoms with Crippen LogP contribution in [0.4, 0.5) is 0 Å². The van der Waals surface area contributed by atoms with Crippen molar-refractivity contribution in [2.45, 2.75) is 41.9 Å². The van der Waals surface area contributed by atoms with E-state index in [1.165, 1.54) is 11.8 Å². The molecule has 0 saturated heterocycles. The molecule has 0 spiro atoms. The molecule has 0 fully saturated rings. The molecule has 4 nitrogen and oxygen atoms in total. The minimum atomic E-state index is 0.0365. The lowest BCUT2D eigenvalue weighted by Crippen LogP contribution is -2.30. The van der Waals surface area contributed by atoms with Gasteiger partial charge in [-0.3, -0.25) is 4.79 Å². The summed E-state index contributed by atoms with van der Waals surface area (Å²) in [6.07, 6.45) is 0.927. The molecule has 1 N–H and O–H groups in total. The fourth-order valence-electron chi connectivity index (χ4n) is 2.24. The third-order valence-electron chi connectivity index (χ3n) is 3.23. The van der Waals surface area contributed by atoms with Crippen molar-refractivity contribution in [1.29, 1.82) is 0 Å². The molecule has 0 bridgehead atoms. The van der Waals surface area contributed by atoms with E-state index in [-0.39, 0.29) is 11.9 Å². The second-order valence-electron chi connectivity index (χ2n) is 5.72. The van der Waals surface area contributed by atoms with Gasteiger partial charge in [-0.1, -0.05) is 86.0 Å². The van der Waals surface area contributed by atoms with Gasteiger partial charge in [0.05, 0.1) is 11.8 Å². The Hall–Kier alpha value is -1.05. The highest BCUT2D eigenvalue weighted by Gasteiger charge is 2.16. The highest BCUT2D eigenvalue weighted by Crippen LogP contribution is 2.28. The van der Waals surface area contributed by atoms with Crippen LogP contribution in [-0.2, 0) is 4.79 Å². The second kappa shape index (κ2) is 10.1. The van der Waals surface area contributed by atoms with E-state index < -0.39 is 0 Å². The predicted molar refractivity (Wildman–Crippen MR) is 104 cm³/mol. The predicted octanol–water partition coefficient (Wildman–Crippen LogP) is 4.65. The van der Waals surface area contributed by atoms with Gasteiger partial charge in [0.25, 0.3) is 0 Å². The van der Waals surface area contributed by atoms with Gasteiger partial charge >= 0.3 is 0 Å². The zero-order valence-electron chi connectivity index (χ0n) is 14.2. The van der Waals surface area contributed by atoms with E-state index in [1.54, 1.807) is 23.1 Å². The summed E-state index contributed by atoms with van der Waals surface area (Å²) >= 11 is 4.68. The van der Waals surface area contributed by atoms with Gasteiger partial charge in [0.15, 0.2) is 8.68 Å². The molecule has 0 aliphatic rings. The number of hydrogen-bond acceptors (Lipinski definition) is 6. The molecule has 0 aliphatic heterocycles. The lowest BCUT2D eigenvalue weighted by atomic mass is 9.97. The number of carbonyl (C=O) groups is 1. The number of thioether (sulfide) groups is 2. The van der Waals surface area contributed by atoms with Crippen molar-refractivity contribution in [3.8, 4) is 0 Å². The van der Waals surface area contributed by atoms with Crippen LogP contribution < -0.4 is 5.32 Å². The van der Waals surface area contributed by atoms with E-state index >= 15 is 0 Å². The van der Waals surface area contributed by atoms with Crippen molar-refractivity contribution in [3.05, 3.63) is 35.9 Å². The first-order valence-corrected chi connectivity index (χ1v) is 10.8. The third-order valence-corrected chi connectivity index (χ3v) is 6.30. The smallest absolute Gasteiger partial charge is 0.230 e. The first-order valence-electron chi connectivity index (χ1n) is 8.02. The van der Waals surface area contributed by atoms with Gasteiger partial charge in [-0.05, 0) is 23.7 Å². The summed E-state index contributed by atoms with van der Waals surface area (Å²) in [7, 11) is 0. The molecular formula is C17H23N3OS3. The number of aromatic nitrogens is 2. The van der Waals surface area contributed by atoms with E-state index in [4.69, 9.17) is 0 Å². The third kappa shape index (κ3) is 6.45. The number of rotatable bonds is 9. The summed E-state index contributed by atoms with van der Waals surface area (Å²) in [5, 5.41) is 11.4. The van der Waals surface area contributed by atoms with Crippen molar-refractivity contribution < 1.29 is 4.79 Å². The van der Waals surface area contributed by atoms with Gasteiger partial charge < -0.3 is 5.32 Å². The molecule has 24 heavy (non-hydrogen) atoms. The Morgan fingerprint density at radius 3 is 2.46 bits per heavy atom. The van der Waals surface area contributed by atoms with Gasteiger partial charge in [0.1, 0.15) is 0 Å². The maximum Gasteiger partial charge on any atom is 0.230 e. The summed E-state index contributed by atoms with van der Waals surface area (Å²) in [6, 6.07) is 10.2. The zero-order chi connectivity index (χ0) is 17.4. The Labute approximate surface area is 156 Å². The van der Waals surface area contributed by atoms with E-state index in [2.05, 4.69) is 48.4 Å². The Morgan fingerprint density at radius 2 is 1.83 bits per heavy atom. The average Bonchev–Trinajstić information content (AvgIpc) is 3.01. The van der Waals surface area contributed by atoms with Gasteiger partial charge in [-0.15, -0.1) is 10.2 Å². The molecule has 7 heteroatoms. The quantitative estimate of drug-likeness (QED) is 0.641. The maximum absolute atomic E-state index is 12.3. The Morgan fingerprint density at radius 1 is 1.17 bits per heavy atom. The van der Waals surface area contributed by atoms with Crippen molar-refractivity contribution in [1.82, 2.24) is 15.5 Å². The molecule has 130 valence electrons. The largest absolute Gasteiger partial charge is 0.349 e. The van der Waals surface area contributed by atoms with Gasteiger partial charge in [0.2, 0.25) is 5.91 Å². The lowest BCUT2D eigenvalue weighted by molar-refractivity contribution is -0.119. The van der Waals surface area contributed by atoms with Gasteiger partial charge in [-0.25, -0.2) is 0 Å². The molecule has 2 aromatic rings. The Kier molecular flexibility index (Phi) is 8.08. The maximum atomic E-state index is 12.3. The van der Waals surface area contributed by atoms with Crippen molar-refractivity contribution >= 4 is 40.8 Å². The lowest BCUT2D eigenvalue weighted by Gasteiger charge is -2.21. The fourth-order valence-corrected chi connectivity index (χ4v) is 4.96. The number of benzene rings is 1. The van der Waals surface area contributed by atoms with Crippen LogP contribution >= 0.6 is 34.9 Å². The second-order valence-corrected chi connectivity index (χ2v) is 9.43. The summed E-state index contributed by atoms with van der Waals surface area (Å²) in [5.41, 5.74) is 1.15. The molecule has 2 rings (SSSR count). The van der Waals surface area contributed by atoms with Crippen LogP contribution in [0, 0.1) is 5.92 Å². The minimum Gasteiger partial charge on any atom is -0.349 e. The highest BCUT2D eigenvalue weighted by atomic mass is 32.2. The Bertz CT molecular complexity index is 631. The molecule has 0 radical (unpaired) electrons. The molecular weight excluding hydrogens is 358 g/mol. The molecule has 0 aliphatic carbocycles.